The maximum Gasteiger partial charge on any atom is 0.313 e. The van der Waals surface area contributed by atoms with E-state index in [1.54, 1.807) is 0 Å². The largest absolute Gasteiger partial charge is 0.460 e. The summed E-state index contributed by atoms with van der Waals surface area (Å²) in [5.41, 5.74) is -2.80. The van der Waals surface area contributed by atoms with Crippen molar-refractivity contribution in [2.75, 3.05) is 6.54 Å². The van der Waals surface area contributed by atoms with Crippen molar-refractivity contribution in [3.8, 4) is 0 Å². The summed E-state index contributed by atoms with van der Waals surface area (Å²) in [5.74, 6) is -0.977. The van der Waals surface area contributed by atoms with Gasteiger partial charge in [0.1, 0.15) is 10.8 Å². The van der Waals surface area contributed by atoms with E-state index in [-0.39, 0.29) is 34.8 Å². The molecule has 1 aromatic heterocycles. The van der Waals surface area contributed by atoms with Gasteiger partial charge in [-0.05, 0) is 67.0 Å². The predicted octanol–water partition coefficient (Wildman–Crippen LogP) is 3.74. The Hall–Kier alpha value is -1.24. The molecule has 2 atom stereocenters. The fourth-order valence-electron chi connectivity index (χ4n) is 3.55. The zero-order valence-electron chi connectivity index (χ0n) is 16.9. The Balaban J connectivity index is 2.48. The van der Waals surface area contributed by atoms with Crippen molar-refractivity contribution in [2.45, 2.75) is 78.0 Å². The summed E-state index contributed by atoms with van der Waals surface area (Å²) in [6, 6.07) is 1.41. The van der Waals surface area contributed by atoms with Crippen molar-refractivity contribution in [1.82, 2.24) is 10.3 Å². The van der Waals surface area contributed by atoms with Crippen molar-refractivity contribution in [2.24, 2.45) is 5.41 Å². The molecule has 1 aliphatic rings. The Bertz CT molecular complexity index is 712. The number of nitrogens with one attached hydrogen (secondary N) is 1. The number of hydrogen-bond donors (Lipinski definition) is 2. The van der Waals surface area contributed by atoms with Crippen molar-refractivity contribution in [3.05, 3.63) is 28.3 Å². The molecule has 2 heterocycles. The Morgan fingerprint density at radius 2 is 2.07 bits per heavy atom. The minimum absolute atomic E-state index is 0.0684. The zero-order valence-corrected chi connectivity index (χ0v) is 17.7. The molecular formula is C20H30ClFN2O3. The number of aliphatic hydroxyl groups is 1. The summed E-state index contributed by atoms with van der Waals surface area (Å²) in [7, 11) is 0. The van der Waals surface area contributed by atoms with E-state index in [1.165, 1.54) is 19.9 Å². The summed E-state index contributed by atoms with van der Waals surface area (Å²) >= 11 is 6.09. The lowest BCUT2D eigenvalue weighted by molar-refractivity contribution is -0.170. The second-order valence-corrected chi connectivity index (χ2v) is 9.47. The van der Waals surface area contributed by atoms with E-state index in [9.17, 15) is 9.90 Å². The molecule has 0 radical (unpaired) electrons. The summed E-state index contributed by atoms with van der Waals surface area (Å²) < 4.78 is 20.8. The van der Waals surface area contributed by atoms with E-state index in [2.05, 4.69) is 10.3 Å². The number of rotatable bonds is 4. The van der Waals surface area contributed by atoms with Crippen molar-refractivity contribution < 1.29 is 19.0 Å². The lowest BCUT2D eigenvalue weighted by atomic mass is 9.72. The van der Waals surface area contributed by atoms with Gasteiger partial charge in [-0.15, -0.1) is 0 Å². The van der Waals surface area contributed by atoms with Gasteiger partial charge in [-0.2, -0.15) is 0 Å². The quantitative estimate of drug-likeness (QED) is 0.595. The molecule has 1 fully saturated rings. The average molecular weight is 401 g/mol. The minimum atomic E-state index is -1.41. The van der Waals surface area contributed by atoms with Gasteiger partial charge in [0.15, 0.2) is 5.82 Å². The van der Waals surface area contributed by atoms with Gasteiger partial charge in [-0.25, -0.2) is 9.37 Å². The Morgan fingerprint density at radius 1 is 1.44 bits per heavy atom. The Kier molecular flexibility index (Phi) is 6.24. The van der Waals surface area contributed by atoms with Gasteiger partial charge < -0.3 is 15.2 Å². The number of piperidine rings is 1. The number of esters is 1. The number of halogens is 2. The molecule has 0 aliphatic carbocycles. The normalized spacial score (nSPS) is 24.0. The van der Waals surface area contributed by atoms with Crippen LogP contribution in [-0.4, -0.2) is 34.2 Å². The van der Waals surface area contributed by atoms with Crippen molar-refractivity contribution >= 4 is 17.6 Å². The monoisotopic (exact) mass is 400 g/mol. The molecule has 0 amide bonds. The van der Waals surface area contributed by atoms with Gasteiger partial charge in [-0.1, -0.05) is 11.6 Å². The maximum absolute atomic E-state index is 15.1. The molecule has 7 heteroatoms. The molecule has 1 saturated heterocycles. The van der Waals surface area contributed by atoms with Crippen LogP contribution in [0, 0.1) is 11.2 Å². The van der Waals surface area contributed by atoms with Gasteiger partial charge in [0.05, 0.1) is 16.7 Å². The van der Waals surface area contributed by atoms with E-state index < -0.39 is 22.4 Å². The Morgan fingerprint density at radius 3 is 2.59 bits per heavy atom. The van der Waals surface area contributed by atoms with Crippen LogP contribution in [0.2, 0.25) is 5.15 Å². The number of carbonyl (C=O) groups is 1. The highest BCUT2D eigenvalue weighted by molar-refractivity contribution is 6.29. The zero-order chi connectivity index (χ0) is 20.6. The maximum atomic E-state index is 15.1. The second-order valence-electron chi connectivity index (χ2n) is 9.08. The molecule has 1 aliphatic heterocycles. The molecule has 0 spiro atoms. The molecule has 2 N–H and O–H groups in total. The average Bonchev–Trinajstić information content (AvgIpc) is 2.47. The van der Waals surface area contributed by atoms with Crippen LogP contribution in [0.1, 0.15) is 65.6 Å². The van der Waals surface area contributed by atoms with Gasteiger partial charge >= 0.3 is 5.97 Å². The first-order valence-electron chi connectivity index (χ1n) is 9.28. The highest BCUT2D eigenvalue weighted by Gasteiger charge is 2.45. The number of pyridine rings is 1. The van der Waals surface area contributed by atoms with E-state index in [1.807, 2.05) is 27.7 Å². The fourth-order valence-corrected chi connectivity index (χ4v) is 3.76. The topological polar surface area (TPSA) is 71.5 Å². The molecule has 0 unspecified atom stereocenters. The van der Waals surface area contributed by atoms with E-state index >= 15 is 4.39 Å². The third-order valence-corrected chi connectivity index (χ3v) is 4.98. The van der Waals surface area contributed by atoms with Gasteiger partial charge in [0.2, 0.25) is 0 Å². The van der Waals surface area contributed by atoms with Crippen LogP contribution in [0.4, 0.5) is 4.39 Å². The Labute approximate surface area is 165 Å². The van der Waals surface area contributed by atoms with Crippen LogP contribution in [-0.2, 0) is 21.6 Å². The number of ether oxygens (including phenoxy) is 1. The molecular weight excluding hydrogens is 371 g/mol. The molecule has 0 aromatic carbocycles. The second kappa shape index (κ2) is 7.64. The van der Waals surface area contributed by atoms with E-state index in [0.717, 1.165) is 0 Å². The predicted molar refractivity (Wildman–Crippen MR) is 103 cm³/mol. The molecule has 0 saturated carbocycles. The first-order valence-corrected chi connectivity index (χ1v) is 9.66. The third kappa shape index (κ3) is 5.39. The highest BCUT2D eigenvalue weighted by Crippen LogP contribution is 2.39. The fraction of sp³-hybridized carbons (Fsp3) is 0.700. The molecule has 5 nitrogen and oxygen atoms in total. The first-order chi connectivity index (χ1) is 12.2. The summed E-state index contributed by atoms with van der Waals surface area (Å²) in [5, 5.41) is 13.7. The smallest absolute Gasteiger partial charge is 0.313 e. The molecule has 0 bridgehead atoms. The third-order valence-electron chi connectivity index (χ3n) is 4.79. The molecule has 1 aromatic rings. The van der Waals surface area contributed by atoms with E-state index in [4.69, 9.17) is 16.3 Å². The SMILES string of the molecule is C[C@@H]1C[C@](Cc2nc(Cl)cc(C(C)(C)O)c2F)(C(=O)OC(C)(C)C)CCN1. The van der Waals surface area contributed by atoms with Gasteiger partial charge in [0, 0.05) is 18.0 Å². The van der Waals surface area contributed by atoms with Crippen LogP contribution in [0.3, 0.4) is 0 Å². The number of hydrogen-bond acceptors (Lipinski definition) is 5. The van der Waals surface area contributed by atoms with Gasteiger partial charge in [-0.3, -0.25) is 4.79 Å². The van der Waals surface area contributed by atoms with Crippen LogP contribution < -0.4 is 5.32 Å². The van der Waals surface area contributed by atoms with Crippen LogP contribution >= 0.6 is 11.6 Å². The minimum Gasteiger partial charge on any atom is -0.460 e. The number of aromatic nitrogens is 1. The van der Waals surface area contributed by atoms with Gasteiger partial charge in [0.25, 0.3) is 0 Å². The van der Waals surface area contributed by atoms with Crippen molar-refractivity contribution in [3.63, 3.8) is 0 Å². The van der Waals surface area contributed by atoms with Crippen molar-refractivity contribution in [1.29, 1.82) is 0 Å². The number of nitrogens with zero attached hydrogens (tertiary/aromatic N) is 1. The highest BCUT2D eigenvalue weighted by atomic mass is 35.5. The van der Waals surface area contributed by atoms with Crippen LogP contribution in [0.5, 0.6) is 0 Å². The first kappa shape index (κ1) is 22.1. The van der Waals surface area contributed by atoms with E-state index in [0.29, 0.717) is 19.4 Å². The standard InChI is InChI=1S/C20H30ClFN2O3/c1-12-10-20(7-8-23-12,17(25)27-18(2,3)4)11-14-16(22)13(19(5,6)26)9-15(21)24-14/h9,12,23,26H,7-8,10-11H2,1-6H3/t12-,20-/m1/s1. The molecule has 152 valence electrons. The number of carbonyl (C=O) groups excluding carboxylic acids is 1. The summed E-state index contributed by atoms with van der Waals surface area (Å²) in [6.45, 7) is 11.0. The lowest BCUT2D eigenvalue weighted by Gasteiger charge is -2.40. The lowest BCUT2D eigenvalue weighted by Crippen LogP contribution is -2.50. The van der Waals surface area contributed by atoms with Crippen LogP contribution in [0.25, 0.3) is 0 Å². The summed E-state index contributed by atoms with van der Waals surface area (Å²) in [6.07, 6.45) is 1.09. The summed E-state index contributed by atoms with van der Waals surface area (Å²) in [4.78, 5) is 17.2. The molecule has 2 rings (SSSR count). The van der Waals surface area contributed by atoms with Crippen LogP contribution in [0.15, 0.2) is 6.07 Å². The molecule has 27 heavy (non-hydrogen) atoms.